The fraction of sp³-hybridized carbons (Fsp3) is 0.188. The summed E-state index contributed by atoms with van der Waals surface area (Å²) in [7, 11) is 0. The molecule has 0 fully saturated rings. The normalized spacial score (nSPS) is 11.6. The number of ether oxygens (including phenoxy) is 1. The van der Waals surface area contributed by atoms with E-state index >= 15 is 0 Å². The smallest absolute Gasteiger partial charge is 0.412 e. The summed E-state index contributed by atoms with van der Waals surface area (Å²) in [5.74, 6) is 0. The highest BCUT2D eigenvalue weighted by Gasteiger charge is 2.14. The molecule has 1 amide bonds. The lowest BCUT2D eigenvalue weighted by Gasteiger charge is -2.16. The Balaban J connectivity index is 1.97. The van der Waals surface area contributed by atoms with Crippen LogP contribution in [0, 0.1) is 0 Å². The van der Waals surface area contributed by atoms with Crippen molar-refractivity contribution < 1.29 is 9.53 Å². The highest BCUT2D eigenvalue weighted by Crippen LogP contribution is 2.21. The maximum atomic E-state index is 11.8. The Morgan fingerprint density at radius 2 is 1.63 bits per heavy atom. The van der Waals surface area contributed by atoms with E-state index in [0.717, 1.165) is 17.7 Å². The van der Waals surface area contributed by atoms with Crippen LogP contribution in [0.25, 0.3) is 0 Å². The number of nitrogens with one attached hydrogen (secondary N) is 1. The van der Waals surface area contributed by atoms with E-state index in [1.807, 2.05) is 67.6 Å². The zero-order valence-corrected chi connectivity index (χ0v) is 10.9. The summed E-state index contributed by atoms with van der Waals surface area (Å²) in [4.78, 5) is 11.8. The first-order chi connectivity index (χ1) is 9.29. The van der Waals surface area contributed by atoms with E-state index < -0.39 is 6.09 Å². The van der Waals surface area contributed by atoms with Crippen molar-refractivity contribution in [1.82, 2.24) is 0 Å². The molecule has 19 heavy (non-hydrogen) atoms. The standard InChI is InChI=1S/C16H17NO2/c1-2-15(13-9-5-3-6-10-13)19-16(18)17-14-11-7-4-8-12-14/h3-12,15H,2H2,1H3,(H,17,18). The Hall–Kier alpha value is -2.29. The van der Waals surface area contributed by atoms with E-state index in [0.29, 0.717) is 0 Å². The van der Waals surface area contributed by atoms with Crippen LogP contribution in [0.4, 0.5) is 10.5 Å². The van der Waals surface area contributed by atoms with Gasteiger partial charge >= 0.3 is 6.09 Å². The molecule has 98 valence electrons. The van der Waals surface area contributed by atoms with E-state index in [2.05, 4.69) is 5.32 Å². The molecular formula is C16H17NO2. The maximum absolute atomic E-state index is 11.8. The number of anilines is 1. The van der Waals surface area contributed by atoms with Crippen LogP contribution in [-0.2, 0) is 4.74 Å². The van der Waals surface area contributed by atoms with Gasteiger partial charge in [-0.05, 0) is 24.1 Å². The van der Waals surface area contributed by atoms with Gasteiger partial charge in [0.25, 0.3) is 0 Å². The second-order valence-electron chi connectivity index (χ2n) is 4.20. The monoisotopic (exact) mass is 255 g/mol. The third kappa shape index (κ3) is 3.85. The van der Waals surface area contributed by atoms with Gasteiger partial charge in [-0.15, -0.1) is 0 Å². The molecule has 0 bridgehead atoms. The summed E-state index contributed by atoms with van der Waals surface area (Å²) in [6.45, 7) is 1.99. The number of hydrogen-bond acceptors (Lipinski definition) is 2. The van der Waals surface area contributed by atoms with E-state index in [4.69, 9.17) is 4.74 Å². The summed E-state index contributed by atoms with van der Waals surface area (Å²) < 4.78 is 5.44. The van der Waals surface area contributed by atoms with Crippen molar-refractivity contribution in [3.8, 4) is 0 Å². The molecule has 1 atom stereocenters. The van der Waals surface area contributed by atoms with Gasteiger partial charge in [0, 0.05) is 5.69 Å². The second kappa shape index (κ2) is 6.59. The average molecular weight is 255 g/mol. The number of hydrogen-bond donors (Lipinski definition) is 1. The predicted molar refractivity (Wildman–Crippen MR) is 76.0 cm³/mol. The molecule has 2 rings (SSSR count). The number of amides is 1. The first-order valence-corrected chi connectivity index (χ1v) is 6.37. The largest absolute Gasteiger partial charge is 0.441 e. The number of carbonyl (C=O) groups excluding carboxylic acids is 1. The van der Waals surface area contributed by atoms with Gasteiger partial charge in [0.1, 0.15) is 6.10 Å². The number of benzene rings is 2. The Morgan fingerprint density at radius 3 is 2.21 bits per heavy atom. The van der Waals surface area contributed by atoms with Crippen molar-refractivity contribution in [2.75, 3.05) is 5.32 Å². The predicted octanol–water partition coefficient (Wildman–Crippen LogP) is 4.39. The molecule has 0 radical (unpaired) electrons. The van der Waals surface area contributed by atoms with Crippen molar-refractivity contribution >= 4 is 11.8 Å². The molecule has 0 aromatic heterocycles. The molecule has 0 saturated carbocycles. The number of carbonyl (C=O) groups is 1. The molecule has 1 unspecified atom stereocenters. The quantitative estimate of drug-likeness (QED) is 0.880. The van der Waals surface area contributed by atoms with Crippen molar-refractivity contribution in [3.63, 3.8) is 0 Å². The molecule has 0 saturated heterocycles. The molecule has 0 aliphatic rings. The van der Waals surface area contributed by atoms with Gasteiger partial charge in [-0.1, -0.05) is 55.5 Å². The lowest BCUT2D eigenvalue weighted by atomic mass is 10.1. The van der Waals surface area contributed by atoms with Gasteiger partial charge in [-0.2, -0.15) is 0 Å². The van der Waals surface area contributed by atoms with Gasteiger partial charge in [0.05, 0.1) is 0 Å². The summed E-state index contributed by atoms with van der Waals surface area (Å²) in [5, 5.41) is 2.72. The Labute approximate surface area is 113 Å². The van der Waals surface area contributed by atoms with Crippen LogP contribution in [-0.4, -0.2) is 6.09 Å². The fourth-order valence-corrected chi connectivity index (χ4v) is 1.85. The molecule has 1 N–H and O–H groups in total. The van der Waals surface area contributed by atoms with Crippen molar-refractivity contribution in [2.45, 2.75) is 19.4 Å². The number of rotatable bonds is 4. The van der Waals surface area contributed by atoms with Gasteiger partial charge in [0.2, 0.25) is 0 Å². The van der Waals surface area contributed by atoms with Crippen LogP contribution >= 0.6 is 0 Å². The zero-order chi connectivity index (χ0) is 13.5. The van der Waals surface area contributed by atoms with Crippen molar-refractivity contribution in [3.05, 3.63) is 66.2 Å². The van der Waals surface area contributed by atoms with E-state index in [9.17, 15) is 4.79 Å². The minimum absolute atomic E-state index is 0.218. The minimum Gasteiger partial charge on any atom is -0.441 e. The number of para-hydroxylation sites is 1. The van der Waals surface area contributed by atoms with Crippen LogP contribution in [0.15, 0.2) is 60.7 Å². The Bertz CT molecular complexity index is 511. The fourth-order valence-electron chi connectivity index (χ4n) is 1.85. The van der Waals surface area contributed by atoms with Crippen LogP contribution < -0.4 is 5.32 Å². The summed E-state index contributed by atoms with van der Waals surface area (Å²) in [6, 6.07) is 19.0. The highest BCUT2D eigenvalue weighted by molar-refractivity contribution is 5.84. The first kappa shape index (κ1) is 13.1. The van der Waals surface area contributed by atoms with Crippen LogP contribution in [0.3, 0.4) is 0 Å². The summed E-state index contributed by atoms with van der Waals surface area (Å²) >= 11 is 0. The molecule has 2 aromatic carbocycles. The van der Waals surface area contributed by atoms with Crippen molar-refractivity contribution in [1.29, 1.82) is 0 Å². The molecule has 0 heterocycles. The van der Waals surface area contributed by atoms with Gasteiger partial charge < -0.3 is 4.74 Å². The molecule has 0 aliphatic heterocycles. The molecule has 3 heteroatoms. The van der Waals surface area contributed by atoms with E-state index in [1.165, 1.54) is 0 Å². The average Bonchev–Trinajstić information content (AvgIpc) is 2.47. The van der Waals surface area contributed by atoms with E-state index in [1.54, 1.807) is 0 Å². The third-order valence-corrected chi connectivity index (χ3v) is 2.81. The van der Waals surface area contributed by atoms with Crippen LogP contribution in [0.5, 0.6) is 0 Å². The summed E-state index contributed by atoms with van der Waals surface area (Å²) in [5.41, 5.74) is 1.74. The molecule has 3 nitrogen and oxygen atoms in total. The third-order valence-electron chi connectivity index (χ3n) is 2.81. The first-order valence-electron chi connectivity index (χ1n) is 6.37. The van der Waals surface area contributed by atoms with E-state index in [-0.39, 0.29) is 6.10 Å². The van der Waals surface area contributed by atoms with Gasteiger partial charge in [0.15, 0.2) is 0 Å². The Morgan fingerprint density at radius 1 is 1.05 bits per heavy atom. The topological polar surface area (TPSA) is 38.3 Å². The SMILES string of the molecule is CCC(OC(=O)Nc1ccccc1)c1ccccc1. The Kier molecular flexibility index (Phi) is 4.56. The molecule has 2 aromatic rings. The highest BCUT2D eigenvalue weighted by atomic mass is 16.6. The summed E-state index contributed by atoms with van der Waals surface area (Å²) in [6.07, 6.45) is 0.0958. The zero-order valence-electron chi connectivity index (χ0n) is 10.9. The van der Waals surface area contributed by atoms with Crippen LogP contribution in [0.1, 0.15) is 25.0 Å². The van der Waals surface area contributed by atoms with Crippen molar-refractivity contribution in [2.24, 2.45) is 0 Å². The molecule has 0 aliphatic carbocycles. The minimum atomic E-state index is -0.429. The van der Waals surface area contributed by atoms with Gasteiger partial charge in [-0.3, -0.25) is 5.32 Å². The lowest BCUT2D eigenvalue weighted by Crippen LogP contribution is -2.17. The second-order valence-corrected chi connectivity index (χ2v) is 4.20. The maximum Gasteiger partial charge on any atom is 0.412 e. The lowest BCUT2D eigenvalue weighted by molar-refractivity contribution is 0.108. The molecular weight excluding hydrogens is 238 g/mol. The van der Waals surface area contributed by atoms with Gasteiger partial charge in [-0.25, -0.2) is 4.79 Å². The molecule has 0 spiro atoms. The van der Waals surface area contributed by atoms with Crippen LogP contribution in [0.2, 0.25) is 0 Å².